The number of carbonyl (C=O) groups is 1. The number of rotatable bonds is 2. The van der Waals surface area contributed by atoms with Crippen molar-refractivity contribution in [2.75, 3.05) is 19.8 Å². The van der Waals surface area contributed by atoms with E-state index in [9.17, 15) is 4.79 Å². The molecule has 1 saturated carbocycles. The van der Waals surface area contributed by atoms with Crippen LogP contribution in [-0.2, 0) is 14.3 Å². The van der Waals surface area contributed by atoms with Crippen LogP contribution in [0.5, 0.6) is 0 Å². The van der Waals surface area contributed by atoms with Crippen molar-refractivity contribution in [2.45, 2.75) is 31.8 Å². The molecule has 0 bridgehead atoms. The molecule has 0 radical (unpaired) electrons. The summed E-state index contributed by atoms with van der Waals surface area (Å²) in [5, 5.41) is 0. The fourth-order valence-corrected chi connectivity index (χ4v) is 2.13. The molecule has 1 aliphatic heterocycles. The first-order valence-corrected chi connectivity index (χ1v) is 5.11. The third kappa shape index (κ3) is 2.09. The molecule has 0 spiro atoms. The quantitative estimate of drug-likeness (QED) is 0.646. The molecule has 0 aromatic heterocycles. The number of ketones is 1. The van der Waals surface area contributed by atoms with Crippen molar-refractivity contribution in [1.29, 1.82) is 0 Å². The van der Waals surface area contributed by atoms with Gasteiger partial charge in [-0.1, -0.05) is 12.8 Å². The highest BCUT2D eigenvalue weighted by atomic mass is 16.6. The Morgan fingerprint density at radius 3 is 2.54 bits per heavy atom. The Kier molecular flexibility index (Phi) is 2.96. The van der Waals surface area contributed by atoms with E-state index in [0.717, 1.165) is 12.8 Å². The number of Topliss-reactive ketones (excluding diaryl/α,β-unsaturated/α-hetero) is 1. The summed E-state index contributed by atoms with van der Waals surface area (Å²) < 4.78 is 10.6. The molecule has 0 amide bonds. The summed E-state index contributed by atoms with van der Waals surface area (Å²) in [6.45, 7) is 1.67. The summed E-state index contributed by atoms with van der Waals surface area (Å²) in [6.07, 6.45) is 4.24. The normalized spacial score (nSPS) is 30.6. The van der Waals surface area contributed by atoms with Gasteiger partial charge in [0, 0.05) is 5.92 Å². The van der Waals surface area contributed by atoms with Crippen LogP contribution in [0, 0.1) is 5.92 Å². The molecule has 74 valence electrons. The van der Waals surface area contributed by atoms with Crippen molar-refractivity contribution in [3.63, 3.8) is 0 Å². The molecule has 1 atom stereocenters. The smallest absolute Gasteiger partial charge is 0.166 e. The van der Waals surface area contributed by atoms with Crippen LogP contribution >= 0.6 is 0 Å². The first kappa shape index (κ1) is 9.16. The van der Waals surface area contributed by atoms with Crippen molar-refractivity contribution in [2.24, 2.45) is 5.92 Å². The van der Waals surface area contributed by atoms with Crippen molar-refractivity contribution in [1.82, 2.24) is 0 Å². The first-order valence-electron chi connectivity index (χ1n) is 5.11. The third-order valence-corrected chi connectivity index (χ3v) is 2.89. The molecule has 1 heterocycles. The Bertz CT molecular complexity index is 179. The molecule has 2 fully saturated rings. The fourth-order valence-electron chi connectivity index (χ4n) is 2.13. The molecule has 2 rings (SSSR count). The van der Waals surface area contributed by atoms with Gasteiger partial charge < -0.3 is 9.47 Å². The van der Waals surface area contributed by atoms with Gasteiger partial charge in [-0.2, -0.15) is 0 Å². The van der Waals surface area contributed by atoms with Crippen molar-refractivity contribution in [3.8, 4) is 0 Å². The Balaban J connectivity index is 1.87. The van der Waals surface area contributed by atoms with Gasteiger partial charge in [-0.25, -0.2) is 0 Å². The zero-order chi connectivity index (χ0) is 9.10. The topological polar surface area (TPSA) is 35.5 Å². The van der Waals surface area contributed by atoms with Crippen LogP contribution in [-0.4, -0.2) is 31.7 Å². The highest BCUT2D eigenvalue weighted by Gasteiger charge is 2.31. The van der Waals surface area contributed by atoms with Gasteiger partial charge in [-0.05, 0) is 12.8 Å². The molecule has 0 aromatic rings. The van der Waals surface area contributed by atoms with Crippen LogP contribution in [0.2, 0.25) is 0 Å². The van der Waals surface area contributed by atoms with Crippen molar-refractivity contribution >= 4 is 5.78 Å². The summed E-state index contributed by atoms with van der Waals surface area (Å²) in [5.41, 5.74) is 0. The van der Waals surface area contributed by atoms with E-state index >= 15 is 0 Å². The summed E-state index contributed by atoms with van der Waals surface area (Å²) in [7, 11) is 0. The molecule has 2 aliphatic rings. The van der Waals surface area contributed by atoms with E-state index in [4.69, 9.17) is 9.47 Å². The summed E-state index contributed by atoms with van der Waals surface area (Å²) in [4.78, 5) is 11.8. The van der Waals surface area contributed by atoms with Gasteiger partial charge in [0.2, 0.25) is 0 Å². The lowest BCUT2D eigenvalue weighted by atomic mass is 9.98. The van der Waals surface area contributed by atoms with Gasteiger partial charge in [0.15, 0.2) is 5.78 Å². The molecule has 13 heavy (non-hydrogen) atoms. The summed E-state index contributed by atoms with van der Waals surface area (Å²) in [6, 6.07) is 0. The van der Waals surface area contributed by atoms with Crippen molar-refractivity contribution < 1.29 is 14.3 Å². The SMILES string of the molecule is O=C(C1CCCC1)C1COCCO1. The molecule has 1 saturated heterocycles. The number of hydrogen-bond donors (Lipinski definition) is 0. The van der Waals surface area contributed by atoms with Crippen LogP contribution in [0.25, 0.3) is 0 Å². The second-order valence-electron chi connectivity index (χ2n) is 3.82. The molecule has 3 nitrogen and oxygen atoms in total. The molecular weight excluding hydrogens is 168 g/mol. The largest absolute Gasteiger partial charge is 0.376 e. The minimum Gasteiger partial charge on any atom is -0.376 e. The molecule has 3 heteroatoms. The lowest BCUT2D eigenvalue weighted by Gasteiger charge is -2.23. The Morgan fingerprint density at radius 2 is 1.92 bits per heavy atom. The monoisotopic (exact) mass is 184 g/mol. The van der Waals surface area contributed by atoms with Gasteiger partial charge in [0.25, 0.3) is 0 Å². The lowest BCUT2D eigenvalue weighted by molar-refractivity contribution is -0.149. The highest BCUT2D eigenvalue weighted by molar-refractivity contribution is 5.85. The van der Waals surface area contributed by atoms with Gasteiger partial charge in [-0.15, -0.1) is 0 Å². The van der Waals surface area contributed by atoms with E-state index in [1.807, 2.05) is 0 Å². The maximum absolute atomic E-state index is 11.8. The predicted octanol–water partition coefficient (Wildman–Crippen LogP) is 1.16. The van der Waals surface area contributed by atoms with E-state index in [1.165, 1.54) is 12.8 Å². The van der Waals surface area contributed by atoms with Crippen LogP contribution in [0.3, 0.4) is 0 Å². The fraction of sp³-hybridized carbons (Fsp3) is 0.900. The van der Waals surface area contributed by atoms with Crippen LogP contribution in [0.1, 0.15) is 25.7 Å². The van der Waals surface area contributed by atoms with E-state index in [-0.39, 0.29) is 17.8 Å². The summed E-state index contributed by atoms with van der Waals surface area (Å²) in [5.74, 6) is 0.531. The predicted molar refractivity (Wildman–Crippen MR) is 47.5 cm³/mol. The zero-order valence-corrected chi connectivity index (χ0v) is 7.83. The number of carbonyl (C=O) groups excluding carboxylic acids is 1. The lowest BCUT2D eigenvalue weighted by Crippen LogP contribution is -2.38. The Labute approximate surface area is 78.4 Å². The van der Waals surface area contributed by atoms with E-state index in [2.05, 4.69) is 0 Å². The van der Waals surface area contributed by atoms with Gasteiger partial charge in [0.1, 0.15) is 6.10 Å². The van der Waals surface area contributed by atoms with E-state index in [1.54, 1.807) is 0 Å². The van der Waals surface area contributed by atoms with Gasteiger partial charge >= 0.3 is 0 Å². The van der Waals surface area contributed by atoms with Crippen molar-refractivity contribution in [3.05, 3.63) is 0 Å². The molecular formula is C10H16O3. The maximum Gasteiger partial charge on any atom is 0.166 e. The minimum atomic E-state index is -0.267. The van der Waals surface area contributed by atoms with Crippen LogP contribution in [0.15, 0.2) is 0 Å². The third-order valence-electron chi connectivity index (χ3n) is 2.89. The number of ether oxygens (including phenoxy) is 2. The maximum atomic E-state index is 11.8. The second-order valence-corrected chi connectivity index (χ2v) is 3.82. The second kappa shape index (κ2) is 4.20. The Morgan fingerprint density at radius 1 is 1.15 bits per heavy atom. The standard InChI is InChI=1S/C10H16O3/c11-10(8-3-1-2-4-8)9-7-12-5-6-13-9/h8-9H,1-7H2. The average molecular weight is 184 g/mol. The minimum absolute atomic E-state index is 0.256. The van der Waals surface area contributed by atoms with Gasteiger partial charge in [0.05, 0.1) is 19.8 Å². The van der Waals surface area contributed by atoms with E-state index < -0.39 is 0 Å². The van der Waals surface area contributed by atoms with E-state index in [0.29, 0.717) is 19.8 Å². The average Bonchev–Trinajstić information content (AvgIpc) is 2.71. The van der Waals surface area contributed by atoms with Gasteiger partial charge in [-0.3, -0.25) is 4.79 Å². The highest BCUT2D eigenvalue weighted by Crippen LogP contribution is 2.27. The summed E-state index contributed by atoms with van der Waals surface area (Å²) >= 11 is 0. The first-order chi connectivity index (χ1) is 6.38. The molecule has 0 aromatic carbocycles. The van der Waals surface area contributed by atoms with Crippen LogP contribution < -0.4 is 0 Å². The zero-order valence-electron chi connectivity index (χ0n) is 7.83. The van der Waals surface area contributed by atoms with Crippen LogP contribution in [0.4, 0.5) is 0 Å². The molecule has 1 unspecified atom stereocenters. The number of hydrogen-bond acceptors (Lipinski definition) is 3. The Hall–Kier alpha value is -0.410. The molecule has 0 N–H and O–H groups in total. The molecule has 1 aliphatic carbocycles.